The number of benzene rings is 4. The maximum absolute atomic E-state index is 11.0. The minimum atomic E-state index is -0.846. The van der Waals surface area contributed by atoms with Crippen molar-refractivity contribution in [1.82, 2.24) is 10.2 Å². The van der Waals surface area contributed by atoms with Crippen molar-refractivity contribution in [1.29, 1.82) is 0 Å². The van der Waals surface area contributed by atoms with Crippen molar-refractivity contribution in [3.05, 3.63) is 84.6 Å². The van der Waals surface area contributed by atoms with Crippen molar-refractivity contribution < 1.29 is 9.90 Å². The molecule has 4 aromatic carbocycles. The normalized spacial score (nSPS) is 16.9. The summed E-state index contributed by atoms with van der Waals surface area (Å²) in [7, 11) is 0. The van der Waals surface area contributed by atoms with Crippen molar-refractivity contribution in [3.63, 3.8) is 0 Å². The molecule has 4 heteroatoms. The van der Waals surface area contributed by atoms with Crippen molar-refractivity contribution in [3.8, 4) is 0 Å². The second kappa shape index (κ2) is 6.66. The summed E-state index contributed by atoms with van der Waals surface area (Å²) in [6.45, 7) is 1.26. The number of hydrogen-bond acceptors (Lipinski definition) is 3. The first-order valence-electron chi connectivity index (χ1n) is 9.41. The molecule has 0 fully saturated rings. The SMILES string of the molecule is O=C(O)C1C=CN(Cc2ccc3c(ccc4c5ccccc5ccc34)c2)CN1. The molecule has 1 aliphatic heterocycles. The van der Waals surface area contributed by atoms with Crippen LogP contribution in [0.3, 0.4) is 0 Å². The van der Waals surface area contributed by atoms with Gasteiger partial charge in [0.15, 0.2) is 0 Å². The molecule has 0 spiro atoms. The van der Waals surface area contributed by atoms with E-state index in [0.29, 0.717) is 6.67 Å². The van der Waals surface area contributed by atoms with Gasteiger partial charge in [-0.05, 0) is 56.2 Å². The molecule has 1 unspecified atom stereocenters. The molecule has 1 heterocycles. The van der Waals surface area contributed by atoms with Gasteiger partial charge in [0.2, 0.25) is 0 Å². The molecule has 2 N–H and O–H groups in total. The molecule has 138 valence electrons. The lowest BCUT2D eigenvalue weighted by molar-refractivity contribution is -0.138. The highest BCUT2D eigenvalue weighted by atomic mass is 16.4. The zero-order chi connectivity index (χ0) is 19.1. The number of carboxylic acids is 1. The number of aliphatic carboxylic acids is 1. The van der Waals surface area contributed by atoms with Crippen LogP contribution in [-0.4, -0.2) is 28.7 Å². The fourth-order valence-corrected chi connectivity index (χ4v) is 4.03. The number of nitrogens with zero attached hydrogens (tertiary/aromatic N) is 1. The summed E-state index contributed by atoms with van der Waals surface area (Å²) in [5.41, 5.74) is 1.20. The summed E-state index contributed by atoms with van der Waals surface area (Å²) in [4.78, 5) is 13.1. The Labute approximate surface area is 162 Å². The fraction of sp³-hybridized carbons (Fsp3) is 0.125. The minimum absolute atomic E-state index is 0.523. The number of carbonyl (C=O) groups is 1. The highest BCUT2D eigenvalue weighted by Gasteiger charge is 2.18. The zero-order valence-electron chi connectivity index (χ0n) is 15.3. The van der Waals surface area contributed by atoms with Crippen LogP contribution < -0.4 is 5.32 Å². The fourth-order valence-electron chi connectivity index (χ4n) is 4.03. The molecule has 4 nitrogen and oxygen atoms in total. The summed E-state index contributed by atoms with van der Waals surface area (Å²) in [5.74, 6) is -0.846. The Hall–Kier alpha value is -3.37. The van der Waals surface area contributed by atoms with Crippen molar-refractivity contribution >= 4 is 38.3 Å². The van der Waals surface area contributed by atoms with Gasteiger partial charge < -0.3 is 10.0 Å². The van der Waals surface area contributed by atoms with Gasteiger partial charge in [-0.1, -0.05) is 60.7 Å². The third-order valence-corrected chi connectivity index (χ3v) is 5.46. The van der Waals surface area contributed by atoms with E-state index in [4.69, 9.17) is 5.11 Å². The molecule has 0 saturated carbocycles. The molecule has 0 radical (unpaired) electrons. The van der Waals surface area contributed by atoms with Gasteiger partial charge in [0.05, 0.1) is 6.67 Å². The zero-order valence-corrected chi connectivity index (χ0v) is 15.3. The van der Waals surface area contributed by atoms with Crippen LogP contribution in [0.4, 0.5) is 0 Å². The largest absolute Gasteiger partial charge is 0.480 e. The molecule has 0 aromatic heterocycles. The van der Waals surface area contributed by atoms with Crippen LogP contribution in [-0.2, 0) is 11.3 Å². The van der Waals surface area contributed by atoms with Crippen LogP contribution in [0.2, 0.25) is 0 Å². The molecule has 0 aliphatic carbocycles. The van der Waals surface area contributed by atoms with Crippen molar-refractivity contribution in [2.45, 2.75) is 12.6 Å². The van der Waals surface area contributed by atoms with Gasteiger partial charge in [-0.3, -0.25) is 10.1 Å². The molecule has 0 saturated heterocycles. The standard InChI is InChI=1S/C24H20N2O2/c27-24(28)23-11-12-26(15-25-23)14-16-5-8-20-18(13-16)7-10-21-19-4-2-1-3-17(19)6-9-22(20)21/h1-13,23,25H,14-15H2,(H,27,28). The second-order valence-electron chi connectivity index (χ2n) is 7.27. The first-order chi connectivity index (χ1) is 13.7. The van der Waals surface area contributed by atoms with E-state index in [-0.39, 0.29) is 0 Å². The van der Waals surface area contributed by atoms with Gasteiger partial charge >= 0.3 is 5.97 Å². The average molecular weight is 368 g/mol. The molecule has 0 bridgehead atoms. The molecular weight excluding hydrogens is 348 g/mol. The van der Waals surface area contributed by atoms with Gasteiger partial charge in [-0.15, -0.1) is 0 Å². The summed E-state index contributed by atoms with van der Waals surface area (Å²) in [5, 5.41) is 19.6. The number of rotatable bonds is 3. The number of hydrogen-bond donors (Lipinski definition) is 2. The molecule has 28 heavy (non-hydrogen) atoms. The Morgan fingerprint density at radius 1 is 0.929 bits per heavy atom. The van der Waals surface area contributed by atoms with E-state index < -0.39 is 12.0 Å². The van der Waals surface area contributed by atoms with Crippen LogP contribution in [0.15, 0.2) is 79.0 Å². The Balaban J connectivity index is 1.50. The average Bonchev–Trinajstić information content (AvgIpc) is 2.73. The van der Waals surface area contributed by atoms with Gasteiger partial charge in [0.25, 0.3) is 0 Å². The van der Waals surface area contributed by atoms with Gasteiger partial charge in [-0.25, -0.2) is 0 Å². The monoisotopic (exact) mass is 368 g/mol. The van der Waals surface area contributed by atoms with E-state index in [9.17, 15) is 4.79 Å². The maximum atomic E-state index is 11.0. The summed E-state index contributed by atoms with van der Waals surface area (Å²) < 4.78 is 0. The number of fused-ring (bicyclic) bond motifs is 5. The Bertz CT molecular complexity index is 1250. The lowest BCUT2D eigenvalue weighted by Gasteiger charge is -2.27. The van der Waals surface area contributed by atoms with Crippen LogP contribution in [0.25, 0.3) is 32.3 Å². The van der Waals surface area contributed by atoms with Crippen molar-refractivity contribution in [2.75, 3.05) is 6.67 Å². The topological polar surface area (TPSA) is 52.6 Å². The lowest BCUT2D eigenvalue weighted by Crippen LogP contribution is -2.44. The Morgan fingerprint density at radius 3 is 2.39 bits per heavy atom. The first-order valence-corrected chi connectivity index (χ1v) is 9.41. The van der Waals surface area contributed by atoms with Crippen LogP contribution in [0.5, 0.6) is 0 Å². The van der Waals surface area contributed by atoms with Crippen LogP contribution in [0.1, 0.15) is 5.56 Å². The minimum Gasteiger partial charge on any atom is -0.480 e. The van der Waals surface area contributed by atoms with E-state index in [1.54, 1.807) is 6.08 Å². The first kappa shape index (κ1) is 16.8. The van der Waals surface area contributed by atoms with E-state index in [0.717, 1.165) is 6.54 Å². The predicted molar refractivity (Wildman–Crippen MR) is 113 cm³/mol. The molecule has 0 amide bonds. The second-order valence-corrected chi connectivity index (χ2v) is 7.27. The van der Waals surface area contributed by atoms with Crippen molar-refractivity contribution in [2.24, 2.45) is 0 Å². The van der Waals surface area contributed by atoms with E-state index >= 15 is 0 Å². The van der Waals surface area contributed by atoms with Gasteiger partial charge in [0, 0.05) is 6.54 Å². The molecule has 1 aliphatic rings. The molecule has 4 aromatic rings. The Kier molecular flexibility index (Phi) is 3.99. The summed E-state index contributed by atoms with van der Waals surface area (Å²) >= 11 is 0. The highest BCUT2D eigenvalue weighted by molar-refractivity contribution is 6.17. The number of carboxylic acid groups (broad SMARTS) is 1. The lowest BCUT2D eigenvalue weighted by atomic mass is 9.96. The van der Waals surface area contributed by atoms with Crippen LogP contribution in [0, 0.1) is 0 Å². The maximum Gasteiger partial charge on any atom is 0.324 e. The smallest absolute Gasteiger partial charge is 0.324 e. The summed E-state index contributed by atoms with van der Waals surface area (Å²) in [6.07, 6.45) is 3.55. The predicted octanol–water partition coefficient (Wildman–Crippen LogP) is 4.48. The van der Waals surface area contributed by atoms with E-state index in [1.807, 2.05) is 6.20 Å². The van der Waals surface area contributed by atoms with E-state index in [2.05, 4.69) is 76.9 Å². The number of nitrogens with one attached hydrogen (secondary N) is 1. The quantitative estimate of drug-likeness (QED) is 0.524. The van der Waals surface area contributed by atoms with Crippen LogP contribution >= 0.6 is 0 Å². The highest BCUT2D eigenvalue weighted by Crippen LogP contribution is 2.31. The molecular formula is C24H20N2O2. The van der Waals surface area contributed by atoms with Gasteiger partial charge in [0.1, 0.15) is 6.04 Å². The summed E-state index contributed by atoms with van der Waals surface area (Å²) in [6, 6.07) is 23.3. The third-order valence-electron chi connectivity index (χ3n) is 5.46. The van der Waals surface area contributed by atoms with E-state index in [1.165, 1.54) is 37.9 Å². The Morgan fingerprint density at radius 2 is 1.64 bits per heavy atom. The molecule has 1 atom stereocenters. The third kappa shape index (κ3) is 2.88. The van der Waals surface area contributed by atoms with Gasteiger partial charge in [-0.2, -0.15) is 0 Å². The molecule has 5 rings (SSSR count).